The number of fused-ring (bicyclic) bond motifs is 7. The molecule has 4 aliphatic heterocycles. The van der Waals surface area contributed by atoms with E-state index in [1.165, 1.54) is 12.1 Å². The molecule has 3 amide bonds. The average molecular weight is 541 g/mol. The maximum absolute atomic E-state index is 13.9. The van der Waals surface area contributed by atoms with Crippen molar-refractivity contribution < 1.29 is 32.7 Å². The number of alkyl halides is 3. The molecule has 1 aromatic heterocycles. The third-order valence-electron chi connectivity index (χ3n) is 7.53. The number of nitrogens with one attached hydrogen (secondary N) is 1. The van der Waals surface area contributed by atoms with Gasteiger partial charge < -0.3 is 10.4 Å². The molecule has 13 heteroatoms. The molecule has 3 fully saturated rings. The van der Waals surface area contributed by atoms with Gasteiger partial charge in [-0.3, -0.25) is 19.3 Å². The highest BCUT2D eigenvalue weighted by Gasteiger charge is 2.76. The summed E-state index contributed by atoms with van der Waals surface area (Å²) >= 11 is 12.6. The van der Waals surface area contributed by atoms with Crippen LogP contribution in [-0.2, 0) is 26.1 Å². The Morgan fingerprint density at radius 3 is 2.58 bits per heavy atom. The van der Waals surface area contributed by atoms with E-state index in [9.17, 15) is 32.7 Å². The minimum atomic E-state index is -4.79. The van der Waals surface area contributed by atoms with Gasteiger partial charge in [-0.1, -0.05) is 29.3 Å². The fourth-order valence-electron chi connectivity index (χ4n) is 6.37. The Morgan fingerprint density at radius 2 is 1.89 bits per heavy atom. The largest absolute Gasteiger partial charge is 0.433 e. The van der Waals surface area contributed by atoms with E-state index in [1.807, 2.05) is 0 Å². The molecule has 0 radical (unpaired) electrons. The number of benzene rings is 1. The second-order valence-corrected chi connectivity index (χ2v) is 10.7. The summed E-state index contributed by atoms with van der Waals surface area (Å²) in [5, 5.41) is 13.9. The van der Waals surface area contributed by atoms with Crippen molar-refractivity contribution in [3.05, 3.63) is 51.6 Å². The van der Waals surface area contributed by atoms with Gasteiger partial charge >= 0.3 is 6.18 Å². The van der Waals surface area contributed by atoms with Crippen molar-refractivity contribution >= 4 is 52.4 Å². The van der Waals surface area contributed by atoms with Crippen LogP contribution in [0.1, 0.15) is 24.6 Å². The zero-order chi connectivity index (χ0) is 25.9. The number of pyridine rings is 1. The number of halogens is 5. The lowest BCUT2D eigenvalue weighted by Gasteiger charge is -2.37. The fraction of sp³-hybridized carbons (Fsp3) is 0.391. The van der Waals surface area contributed by atoms with E-state index in [4.69, 9.17) is 23.2 Å². The van der Waals surface area contributed by atoms with Crippen molar-refractivity contribution in [1.82, 2.24) is 9.88 Å². The van der Waals surface area contributed by atoms with Crippen molar-refractivity contribution in [3.63, 3.8) is 0 Å². The lowest BCUT2D eigenvalue weighted by Crippen LogP contribution is -2.55. The Bertz CT molecular complexity index is 1380. The van der Waals surface area contributed by atoms with Crippen LogP contribution < -0.4 is 10.2 Å². The summed E-state index contributed by atoms with van der Waals surface area (Å²) < 4.78 is 39.9. The highest BCUT2D eigenvalue weighted by atomic mass is 35.5. The first-order valence-electron chi connectivity index (χ1n) is 11.0. The van der Waals surface area contributed by atoms with E-state index in [1.54, 1.807) is 11.8 Å². The fourth-order valence-corrected chi connectivity index (χ4v) is 6.91. The molecule has 2 N–H and O–H groups in total. The Labute approximate surface area is 212 Å². The van der Waals surface area contributed by atoms with Crippen molar-refractivity contribution in [2.75, 3.05) is 16.8 Å². The van der Waals surface area contributed by atoms with Gasteiger partial charge in [0.05, 0.1) is 28.1 Å². The first-order valence-corrected chi connectivity index (χ1v) is 11.7. The molecular formula is C23H17Cl2F3N4O4. The molecule has 2 aromatic rings. The highest BCUT2D eigenvalue weighted by Crippen LogP contribution is 2.62. The minimum absolute atomic E-state index is 0.0238. The van der Waals surface area contributed by atoms with Crippen molar-refractivity contribution in [2.24, 2.45) is 11.8 Å². The number of rotatable bonds is 1. The molecule has 1 spiro atoms. The van der Waals surface area contributed by atoms with Gasteiger partial charge in [0, 0.05) is 23.2 Å². The number of aromatic nitrogens is 1. The van der Waals surface area contributed by atoms with Gasteiger partial charge in [-0.2, -0.15) is 13.2 Å². The maximum Gasteiger partial charge on any atom is 0.433 e. The number of aliphatic hydroxyl groups is 1. The number of amides is 3. The van der Waals surface area contributed by atoms with E-state index >= 15 is 0 Å². The zero-order valence-electron chi connectivity index (χ0n) is 18.4. The topological polar surface area (TPSA) is 103 Å². The lowest BCUT2D eigenvalue weighted by molar-refractivity contribution is -0.141. The SMILES string of the molecule is C[C@]1(O)CC2C3C(=O)N(c4cccc(C(F)(F)F)n4)C(=O)C3C3(C(=O)Nc4c(Cl)cc(Cl)cc43)N2C1. The van der Waals surface area contributed by atoms with Crippen molar-refractivity contribution in [1.29, 1.82) is 0 Å². The first kappa shape index (κ1) is 23.7. The summed E-state index contributed by atoms with van der Waals surface area (Å²) in [5.41, 5.74) is -3.80. The van der Waals surface area contributed by atoms with Crippen LogP contribution in [0.4, 0.5) is 24.7 Å². The van der Waals surface area contributed by atoms with Crippen LogP contribution in [0.5, 0.6) is 0 Å². The summed E-state index contributed by atoms with van der Waals surface area (Å²) in [5.74, 6) is -5.16. The lowest BCUT2D eigenvalue weighted by atomic mass is 9.74. The molecule has 8 nitrogen and oxygen atoms in total. The van der Waals surface area contributed by atoms with Crippen LogP contribution in [0.3, 0.4) is 0 Å². The van der Waals surface area contributed by atoms with E-state index in [-0.39, 0.29) is 34.3 Å². The standard InChI is InChI=1S/C23H17Cl2F3N4O4/c1-21(36)7-12-15-16(19(34)32(18(15)33)14-4-2-3-13(29-14)23(26,27)28)22(31(12)8-21)10-5-9(24)6-11(25)17(10)30-20(22)35/h2-6,12,15-16,36H,7-8H2,1H3,(H,30,35)/t12?,15?,16?,21-,22?/m0/s1. The predicted octanol–water partition coefficient (Wildman–Crippen LogP) is 3.20. The third kappa shape index (κ3) is 2.91. The molecule has 188 valence electrons. The second-order valence-electron chi connectivity index (χ2n) is 9.82. The van der Waals surface area contributed by atoms with Gasteiger partial charge in [-0.05, 0) is 37.6 Å². The highest BCUT2D eigenvalue weighted by molar-refractivity contribution is 6.38. The maximum atomic E-state index is 13.9. The number of hydrogen-bond acceptors (Lipinski definition) is 6. The second kappa shape index (κ2) is 7.18. The van der Waals surface area contributed by atoms with Crippen LogP contribution in [0.15, 0.2) is 30.3 Å². The molecule has 0 bridgehead atoms. The van der Waals surface area contributed by atoms with Crippen LogP contribution in [-0.4, -0.2) is 50.9 Å². The summed E-state index contributed by atoms with van der Waals surface area (Å²) in [6, 6.07) is 5.09. The summed E-state index contributed by atoms with van der Waals surface area (Å²) in [4.78, 5) is 47.1. The predicted molar refractivity (Wildman–Crippen MR) is 121 cm³/mol. The first-order chi connectivity index (χ1) is 16.8. The van der Waals surface area contributed by atoms with Crippen molar-refractivity contribution in [2.45, 2.75) is 36.7 Å². The molecule has 4 unspecified atom stereocenters. The molecule has 0 aliphatic carbocycles. The molecule has 5 heterocycles. The average Bonchev–Trinajstić information content (AvgIpc) is 3.41. The van der Waals surface area contributed by atoms with Crippen LogP contribution >= 0.6 is 23.2 Å². The molecule has 4 aliphatic rings. The summed E-state index contributed by atoms with van der Waals surface area (Å²) in [6.07, 6.45) is -4.73. The van der Waals surface area contributed by atoms with Gasteiger partial charge in [0.25, 0.3) is 5.91 Å². The molecule has 5 atom stereocenters. The van der Waals surface area contributed by atoms with Gasteiger partial charge in [0.15, 0.2) is 0 Å². The number of carbonyl (C=O) groups excluding carboxylic acids is 3. The van der Waals surface area contributed by atoms with Gasteiger partial charge in [0.2, 0.25) is 11.8 Å². The molecule has 36 heavy (non-hydrogen) atoms. The number of nitrogens with zero attached hydrogens (tertiary/aromatic N) is 3. The van der Waals surface area contributed by atoms with E-state index in [0.717, 1.165) is 18.2 Å². The smallest absolute Gasteiger partial charge is 0.389 e. The van der Waals surface area contributed by atoms with Gasteiger partial charge in [-0.15, -0.1) is 0 Å². The molecular weight excluding hydrogens is 524 g/mol. The monoisotopic (exact) mass is 540 g/mol. The summed E-state index contributed by atoms with van der Waals surface area (Å²) in [7, 11) is 0. The Hall–Kier alpha value is -2.73. The van der Waals surface area contributed by atoms with E-state index in [2.05, 4.69) is 10.3 Å². The van der Waals surface area contributed by atoms with Gasteiger partial charge in [0.1, 0.15) is 17.1 Å². The van der Waals surface area contributed by atoms with Crippen LogP contribution in [0, 0.1) is 11.8 Å². The molecule has 3 saturated heterocycles. The quantitative estimate of drug-likeness (QED) is 0.538. The third-order valence-corrected chi connectivity index (χ3v) is 8.05. The van der Waals surface area contributed by atoms with Crippen molar-refractivity contribution in [3.8, 4) is 0 Å². The van der Waals surface area contributed by atoms with Crippen LogP contribution in [0.25, 0.3) is 0 Å². The number of imide groups is 1. The zero-order valence-corrected chi connectivity index (χ0v) is 19.9. The molecule has 6 rings (SSSR count). The van der Waals surface area contributed by atoms with E-state index < -0.39 is 64.4 Å². The normalized spacial score (nSPS) is 33.4. The molecule has 0 saturated carbocycles. The molecule has 1 aromatic carbocycles. The Morgan fingerprint density at radius 1 is 1.17 bits per heavy atom. The Kier molecular flexibility index (Phi) is 4.72. The number of anilines is 2. The van der Waals surface area contributed by atoms with E-state index in [0.29, 0.717) is 4.90 Å². The number of carbonyl (C=O) groups is 3. The van der Waals surface area contributed by atoms with Crippen LogP contribution in [0.2, 0.25) is 10.0 Å². The minimum Gasteiger partial charge on any atom is -0.389 e. The van der Waals surface area contributed by atoms with Gasteiger partial charge in [-0.25, -0.2) is 9.88 Å². The Balaban J connectivity index is 1.56. The summed E-state index contributed by atoms with van der Waals surface area (Å²) in [6.45, 7) is 1.53. The number of hydrogen-bond donors (Lipinski definition) is 2.